The van der Waals surface area contributed by atoms with Gasteiger partial charge in [-0.2, -0.15) is 0 Å². The summed E-state index contributed by atoms with van der Waals surface area (Å²) in [6, 6.07) is 0.618. The van der Waals surface area contributed by atoms with Gasteiger partial charge in [0.05, 0.1) is 0 Å². The van der Waals surface area contributed by atoms with Gasteiger partial charge in [-0.1, -0.05) is 6.92 Å². The van der Waals surface area contributed by atoms with Crippen LogP contribution in [0.2, 0.25) is 0 Å². The quantitative estimate of drug-likeness (QED) is 0.729. The Bertz CT molecular complexity index is 144. The van der Waals surface area contributed by atoms with Crippen molar-refractivity contribution in [2.45, 2.75) is 32.7 Å². The average Bonchev–Trinajstić information content (AvgIpc) is 2.20. The maximum atomic E-state index is 12.1. The summed E-state index contributed by atoms with van der Waals surface area (Å²) in [5.41, 5.74) is 0. The molecule has 0 radical (unpaired) electrons. The van der Waals surface area contributed by atoms with E-state index in [4.69, 9.17) is 0 Å². The van der Waals surface area contributed by atoms with Gasteiger partial charge in [0.15, 0.2) is 0 Å². The summed E-state index contributed by atoms with van der Waals surface area (Å²) < 4.78 is 12.1. The molecule has 0 saturated carbocycles. The Balaban J connectivity index is 2.21. The first-order valence-electron chi connectivity index (χ1n) is 5.79. The van der Waals surface area contributed by atoms with Gasteiger partial charge in [-0.3, -0.25) is 0 Å². The van der Waals surface area contributed by atoms with E-state index < -0.39 is 0 Å². The first-order valence-corrected chi connectivity index (χ1v) is 5.79. The fraction of sp³-hybridized carbons (Fsp3) is 1.00. The van der Waals surface area contributed by atoms with Gasteiger partial charge in [-0.15, -0.1) is 0 Å². The lowest BCUT2D eigenvalue weighted by atomic mass is 9.90. The normalized spacial score (nSPS) is 22.5. The van der Waals surface area contributed by atoms with E-state index in [2.05, 4.69) is 24.1 Å². The number of likely N-dealkylation sites (tertiary alicyclic amines) is 1. The molecule has 0 amide bonds. The van der Waals surface area contributed by atoms with Crippen LogP contribution in [0, 0.1) is 5.92 Å². The number of hydrogen-bond donors (Lipinski definition) is 1. The Kier molecular flexibility index (Phi) is 5.41. The molecule has 0 aromatic rings. The van der Waals surface area contributed by atoms with Gasteiger partial charge in [0.2, 0.25) is 0 Å². The number of nitrogens with one attached hydrogen (secondary N) is 1. The van der Waals surface area contributed by atoms with Gasteiger partial charge in [-0.25, -0.2) is 4.39 Å². The zero-order chi connectivity index (χ0) is 10.4. The van der Waals surface area contributed by atoms with Crippen LogP contribution >= 0.6 is 0 Å². The van der Waals surface area contributed by atoms with Crippen molar-refractivity contribution in [1.29, 1.82) is 0 Å². The molecule has 1 saturated heterocycles. The molecule has 0 aromatic heterocycles. The van der Waals surface area contributed by atoms with Crippen molar-refractivity contribution in [3.05, 3.63) is 0 Å². The van der Waals surface area contributed by atoms with Gasteiger partial charge in [0.1, 0.15) is 6.67 Å². The van der Waals surface area contributed by atoms with Crippen LogP contribution in [-0.2, 0) is 0 Å². The molecule has 2 nitrogen and oxygen atoms in total. The second-order valence-electron chi connectivity index (χ2n) is 4.21. The molecular weight excluding hydrogens is 179 g/mol. The molecule has 1 N–H and O–H groups in total. The number of rotatable bonds is 5. The molecular formula is C11H23FN2. The van der Waals surface area contributed by atoms with E-state index in [1.165, 1.54) is 12.8 Å². The van der Waals surface area contributed by atoms with Gasteiger partial charge in [-0.05, 0) is 45.3 Å². The second kappa shape index (κ2) is 6.36. The van der Waals surface area contributed by atoms with Crippen LogP contribution in [0.3, 0.4) is 0 Å². The third kappa shape index (κ3) is 3.54. The predicted molar refractivity (Wildman–Crippen MR) is 58.3 cm³/mol. The highest BCUT2D eigenvalue weighted by Crippen LogP contribution is 2.20. The monoisotopic (exact) mass is 202 g/mol. The van der Waals surface area contributed by atoms with Crippen LogP contribution in [0.25, 0.3) is 0 Å². The molecule has 0 aliphatic carbocycles. The lowest BCUT2D eigenvalue weighted by molar-refractivity contribution is 0.154. The summed E-state index contributed by atoms with van der Waals surface area (Å²) in [7, 11) is 0. The Morgan fingerprint density at radius 1 is 1.43 bits per heavy atom. The SMILES string of the molecule is CCNC(C)C1CCN(CCF)CC1. The van der Waals surface area contributed by atoms with Gasteiger partial charge >= 0.3 is 0 Å². The molecule has 0 bridgehead atoms. The Labute approximate surface area is 86.9 Å². The number of nitrogens with zero attached hydrogens (tertiary/aromatic N) is 1. The minimum absolute atomic E-state index is 0.201. The van der Waals surface area contributed by atoms with Crippen LogP contribution in [0.5, 0.6) is 0 Å². The highest BCUT2D eigenvalue weighted by atomic mass is 19.1. The van der Waals surface area contributed by atoms with Crippen LogP contribution in [0.1, 0.15) is 26.7 Å². The minimum Gasteiger partial charge on any atom is -0.314 e. The highest BCUT2D eigenvalue weighted by Gasteiger charge is 2.22. The summed E-state index contributed by atoms with van der Waals surface area (Å²) in [5, 5.41) is 3.47. The molecule has 3 heteroatoms. The molecule has 1 atom stereocenters. The second-order valence-corrected chi connectivity index (χ2v) is 4.21. The molecule has 1 rings (SSSR count). The Hall–Kier alpha value is -0.150. The maximum Gasteiger partial charge on any atom is 0.102 e. The molecule has 14 heavy (non-hydrogen) atoms. The van der Waals surface area contributed by atoms with Crippen molar-refractivity contribution in [2.75, 3.05) is 32.9 Å². The van der Waals surface area contributed by atoms with Crippen molar-refractivity contribution in [3.8, 4) is 0 Å². The smallest absolute Gasteiger partial charge is 0.102 e. The van der Waals surface area contributed by atoms with E-state index in [0.29, 0.717) is 12.6 Å². The molecule has 1 aliphatic heterocycles. The average molecular weight is 202 g/mol. The van der Waals surface area contributed by atoms with E-state index in [9.17, 15) is 4.39 Å². The Morgan fingerprint density at radius 3 is 2.57 bits per heavy atom. The van der Waals surface area contributed by atoms with Gasteiger partial charge in [0, 0.05) is 12.6 Å². The molecule has 1 unspecified atom stereocenters. The summed E-state index contributed by atoms with van der Waals surface area (Å²) in [6.07, 6.45) is 2.43. The van der Waals surface area contributed by atoms with E-state index in [-0.39, 0.29) is 6.67 Å². The molecule has 1 fully saturated rings. The number of halogens is 1. The van der Waals surface area contributed by atoms with Crippen molar-refractivity contribution < 1.29 is 4.39 Å². The van der Waals surface area contributed by atoms with Crippen LogP contribution in [0.4, 0.5) is 4.39 Å². The predicted octanol–water partition coefficient (Wildman–Crippen LogP) is 1.67. The summed E-state index contributed by atoms with van der Waals surface area (Å²) >= 11 is 0. The van der Waals surface area contributed by atoms with Crippen molar-refractivity contribution in [2.24, 2.45) is 5.92 Å². The summed E-state index contributed by atoms with van der Waals surface area (Å²) in [5.74, 6) is 0.783. The van der Waals surface area contributed by atoms with Crippen molar-refractivity contribution in [3.63, 3.8) is 0 Å². The van der Waals surface area contributed by atoms with Crippen molar-refractivity contribution >= 4 is 0 Å². The Morgan fingerprint density at radius 2 is 2.07 bits per heavy atom. The molecule has 1 aliphatic rings. The van der Waals surface area contributed by atoms with Gasteiger partial charge in [0.25, 0.3) is 0 Å². The van der Waals surface area contributed by atoms with E-state index in [1.807, 2.05) is 0 Å². The van der Waals surface area contributed by atoms with E-state index >= 15 is 0 Å². The van der Waals surface area contributed by atoms with Gasteiger partial charge < -0.3 is 10.2 Å². The molecule has 0 spiro atoms. The van der Waals surface area contributed by atoms with Crippen LogP contribution in [-0.4, -0.2) is 43.8 Å². The maximum absolute atomic E-state index is 12.1. The standard InChI is InChI=1S/C11H23FN2/c1-3-13-10(2)11-4-7-14(8-5-11)9-6-12/h10-11,13H,3-9H2,1-2H3. The number of alkyl halides is 1. The third-order valence-corrected chi connectivity index (χ3v) is 3.27. The lowest BCUT2D eigenvalue weighted by Gasteiger charge is -2.34. The summed E-state index contributed by atoms with van der Waals surface area (Å²) in [4.78, 5) is 2.23. The fourth-order valence-electron chi connectivity index (χ4n) is 2.28. The number of hydrogen-bond acceptors (Lipinski definition) is 2. The zero-order valence-electron chi connectivity index (χ0n) is 9.43. The first kappa shape index (κ1) is 11.9. The lowest BCUT2D eigenvalue weighted by Crippen LogP contribution is -2.42. The van der Waals surface area contributed by atoms with E-state index in [0.717, 1.165) is 25.6 Å². The fourth-order valence-corrected chi connectivity index (χ4v) is 2.28. The minimum atomic E-state index is -0.201. The number of piperidine rings is 1. The molecule has 0 aromatic carbocycles. The molecule has 84 valence electrons. The van der Waals surface area contributed by atoms with E-state index in [1.54, 1.807) is 0 Å². The molecule has 1 heterocycles. The first-order chi connectivity index (χ1) is 6.77. The van der Waals surface area contributed by atoms with Crippen LogP contribution in [0.15, 0.2) is 0 Å². The highest BCUT2D eigenvalue weighted by molar-refractivity contribution is 4.78. The zero-order valence-corrected chi connectivity index (χ0v) is 9.43. The van der Waals surface area contributed by atoms with Crippen LogP contribution < -0.4 is 5.32 Å². The topological polar surface area (TPSA) is 15.3 Å². The summed E-state index contributed by atoms with van der Waals surface area (Å²) in [6.45, 7) is 8.03. The van der Waals surface area contributed by atoms with Crippen molar-refractivity contribution in [1.82, 2.24) is 10.2 Å². The largest absolute Gasteiger partial charge is 0.314 e. The third-order valence-electron chi connectivity index (χ3n) is 3.27.